The number of nitrogens with zero attached hydrogens (tertiary/aromatic N) is 2. The van der Waals surface area contributed by atoms with Gasteiger partial charge in [0.05, 0.1) is 10.6 Å². The summed E-state index contributed by atoms with van der Waals surface area (Å²) in [5.74, 6) is -0.545. The molecule has 0 aliphatic rings. The third-order valence-electron chi connectivity index (χ3n) is 6.62. The van der Waals surface area contributed by atoms with Crippen molar-refractivity contribution in [2.75, 3.05) is 17.9 Å². The summed E-state index contributed by atoms with van der Waals surface area (Å²) in [5.41, 5.74) is 4.28. The Kier molecular flexibility index (Phi) is 9.33. The van der Waals surface area contributed by atoms with Crippen molar-refractivity contribution in [2.45, 2.75) is 58.0 Å². The second-order valence-corrected chi connectivity index (χ2v) is 11.7. The van der Waals surface area contributed by atoms with Crippen molar-refractivity contribution < 1.29 is 18.0 Å². The Hall–Kier alpha value is -3.65. The van der Waals surface area contributed by atoms with E-state index in [9.17, 15) is 18.0 Å². The first kappa shape index (κ1) is 28.9. The lowest BCUT2D eigenvalue weighted by Crippen LogP contribution is -2.50. The van der Waals surface area contributed by atoms with Crippen LogP contribution >= 0.6 is 0 Å². The highest BCUT2D eigenvalue weighted by Gasteiger charge is 2.32. The van der Waals surface area contributed by atoms with Gasteiger partial charge in [0.1, 0.15) is 12.6 Å². The molecule has 0 heterocycles. The monoisotopic (exact) mass is 535 g/mol. The summed E-state index contributed by atoms with van der Waals surface area (Å²) in [6.45, 7) is 9.32. The minimum absolute atomic E-state index is 0.0910. The molecule has 0 bridgehead atoms. The number of hydrogen-bond acceptors (Lipinski definition) is 4. The number of aryl methyl sites for hydroxylation is 2. The summed E-state index contributed by atoms with van der Waals surface area (Å²) in [6.07, 6.45) is 0. The van der Waals surface area contributed by atoms with E-state index in [4.69, 9.17) is 0 Å². The summed E-state index contributed by atoms with van der Waals surface area (Å²) in [4.78, 5) is 27.9. The van der Waals surface area contributed by atoms with Crippen molar-refractivity contribution in [3.8, 4) is 0 Å². The van der Waals surface area contributed by atoms with Crippen LogP contribution in [0.2, 0.25) is 0 Å². The Bertz CT molecular complexity index is 1350. The van der Waals surface area contributed by atoms with Gasteiger partial charge in [0.2, 0.25) is 11.8 Å². The van der Waals surface area contributed by atoms with Gasteiger partial charge in [-0.25, -0.2) is 8.42 Å². The highest BCUT2D eigenvalue weighted by Crippen LogP contribution is 2.27. The molecule has 202 valence electrons. The molecule has 1 N–H and O–H groups in total. The van der Waals surface area contributed by atoms with Crippen molar-refractivity contribution in [3.63, 3.8) is 0 Å². The van der Waals surface area contributed by atoms with Gasteiger partial charge in [0.15, 0.2) is 0 Å². The van der Waals surface area contributed by atoms with Crippen molar-refractivity contribution in [1.29, 1.82) is 0 Å². The third kappa shape index (κ3) is 6.81. The Morgan fingerprint density at radius 2 is 1.34 bits per heavy atom. The third-order valence-corrected chi connectivity index (χ3v) is 8.41. The molecule has 3 aromatic carbocycles. The maximum atomic E-state index is 13.9. The molecule has 0 aliphatic carbocycles. The molecule has 1 atom stereocenters. The van der Waals surface area contributed by atoms with E-state index in [1.54, 1.807) is 43.3 Å². The zero-order valence-electron chi connectivity index (χ0n) is 22.9. The predicted octanol–water partition coefficient (Wildman–Crippen LogP) is 4.79. The Morgan fingerprint density at radius 3 is 1.84 bits per heavy atom. The van der Waals surface area contributed by atoms with Crippen molar-refractivity contribution in [3.05, 3.63) is 95.1 Å². The molecule has 3 aromatic rings. The van der Waals surface area contributed by atoms with Crippen LogP contribution in [0, 0.1) is 13.8 Å². The first-order valence-corrected chi connectivity index (χ1v) is 14.1. The quantitative estimate of drug-likeness (QED) is 0.405. The normalized spacial score (nSPS) is 12.2. The highest BCUT2D eigenvalue weighted by atomic mass is 32.2. The Morgan fingerprint density at radius 1 is 0.816 bits per heavy atom. The van der Waals surface area contributed by atoms with Gasteiger partial charge in [-0.2, -0.15) is 0 Å². The van der Waals surface area contributed by atoms with Crippen LogP contribution in [-0.2, 0) is 26.2 Å². The van der Waals surface area contributed by atoms with Gasteiger partial charge in [-0.1, -0.05) is 73.5 Å². The van der Waals surface area contributed by atoms with Crippen LogP contribution in [0.15, 0.2) is 77.7 Å². The zero-order valence-corrected chi connectivity index (χ0v) is 23.7. The van der Waals surface area contributed by atoms with Gasteiger partial charge in [-0.3, -0.25) is 13.9 Å². The van der Waals surface area contributed by atoms with Crippen molar-refractivity contribution >= 4 is 27.5 Å². The predicted molar refractivity (Wildman–Crippen MR) is 151 cm³/mol. The van der Waals surface area contributed by atoms with Crippen LogP contribution in [0.1, 0.15) is 48.9 Å². The van der Waals surface area contributed by atoms with E-state index in [1.165, 1.54) is 11.9 Å². The molecule has 0 aromatic heterocycles. The SMILES string of the molecule is CNC(=O)C(C)N(Cc1ccc(C)cc1)C(=O)CN(c1ccc(C(C)C)cc1)S(=O)(=O)c1ccc(C)cc1. The minimum Gasteiger partial charge on any atom is -0.357 e. The molecule has 0 radical (unpaired) electrons. The maximum Gasteiger partial charge on any atom is 0.264 e. The molecule has 3 rings (SSSR count). The molecule has 7 nitrogen and oxygen atoms in total. The largest absolute Gasteiger partial charge is 0.357 e. The number of carbonyl (C=O) groups is 2. The van der Waals surface area contributed by atoms with Gasteiger partial charge >= 0.3 is 0 Å². The van der Waals surface area contributed by atoms with Gasteiger partial charge in [-0.15, -0.1) is 0 Å². The number of likely N-dealkylation sites (N-methyl/N-ethyl adjacent to an activating group) is 1. The molecular formula is C30H37N3O4S. The zero-order chi connectivity index (χ0) is 28.0. The van der Waals surface area contributed by atoms with Crippen molar-refractivity contribution in [1.82, 2.24) is 10.2 Å². The second-order valence-electron chi connectivity index (χ2n) is 9.87. The van der Waals surface area contributed by atoms with E-state index in [-0.39, 0.29) is 23.3 Å². The smallest absolute Gasteiger partial charge is 0.264 e. The summed E-state index contributed by atoms with van der Waals surface area (Å²) in [5, 5.41) is 2.59. The fourth-order valence-corrected chi connectivity index (χ4v) is 5.49. The lowest BCUT2D eigenvalue weighted by Gasteiger charge is -2.32. The van der Waals surface area contributed by atoms with Crippen LogP contribution < -0.4 is 9.62 Å². The molecule has 2 amide bonds. The van der Waals surface area contributed by atoms with E-state index in [2.05, 4.69) is 19.2 Å². The maximum absolute atomic E-state index is 13.9. The lowest BCUT2D eigenvalue weighted by molar-refractivity contribution is -0.139. The fourth-order valence-electron chi connectivity index (χ4n) is 4.07. The first-order chi connectivity index (χ1) is 17.9. The molecule has 38 heavy (non-hydrogen) atoms. The molecule has 8 heteroatoms. The number of sulfonamides is 1. The lowest BCUT2D eigenvalue weighted by atomic mass is 10.0. The topological polar surface area (TPSA) is 86.8 Å². The van der Waals surface area contributed by atoms with Gasteiger partial charge in [0, 0.05) is 13.6 Å². The van der Waals surface area contributed by atoms with Gasteiger partial charge in [0.25, 0.3) is 10.0 Å². The number of hydrogen-bond donors (Lipinski definition) is 1. The van der Waals surface area contributed by atoms with E-state index in [1.807, 2.05) is 50.2 Å². The van der Waals surface area contributed by atoms with E-state index < -0.39 is 28.5 Å². The Labute approximate surface area is 226 Å². The van der Waals surface area contributed by atoms with Crippen LogP contribution in [0.5, 0.6) is 0 Å². The number of benzene rings is 3. The van der Waals surface area contributed by atoms with Crippen LogP contribution in [0.25, 0.3) is 0 Å². The summed E-state index contributed by atoms with van der Waals surface area (Å²) >= 11 is 0. The first-order valence-electron chi connectivity index (χ1n) is 12.7. The standard InChI is InChI=1S/C30H37N3O4S/c1-21(2)26-13-15-27(16-14-26)33(38(36,37)28-17-9-23(4)10-18-28)20-29(34)32(24(5)30(35)31-6)19-25-11-7-22(3)8-12-25/h7-18,21,24H,19-20H2,1-6H3,(H,31,35). The molecule has 0 aliphatic heterocycles. The summed E-state index contributed by atoms with van der Waals surface area (Å²) in [7, 11) is -2.57. The van der Waals surface area contributed by atoms with Crippen LogP contribution in [-0.4, -0.2) is 44.8 Å². The molecule has 0 spiro atoms. The highest BCUT2D eigenvalue weighted by molar-refractivity contribution is 7.92. The van der Waals surface area contributed by atoms with Gasteiger partial charge in [-0.05, 0) is 62.1 Å². The van der Waals surface area contributed by atoms with Crippen LogP contribution in [0.4, 0.5) is 5.69 Å². The number of nitrogens with one attached hydrogen (secondary N) is 1. The molecular weight excluding hydrogens is 498 g/mol. The van der Waals surface area contributed by atoms with Crippen molar-refractivity contribution in [2.24, 2.45) is 0 Å². The molecule has 0 fully saturated rings. The molecule has 0 saturated carbocycles. The van der Waals surface area contributed by atoms with E-state index >= 15 is 0 Å². The summed E-state index contributed by atoms with van der Waals surface area (Å²) < 4.78 is 28.8. The van der Waals surface area contributed by atoms with Gasteiger partial charge < -0.3 is 10.2 Å². The number of carbonyl (C=O) groups excluding carboxylic acids is 2. The number of rotatable bonds is 10. The fraction of sp³-hybridized carbons (Fsp3) is 0.333. The average molecular weight is 536 g/mol. The summed E-state index contributed by atoms with van der Waals surface area (Å²) in [6, 6.07) is 20.6. The second kappa shape index (κ2) is 12.3. The molecule has 0 saturated heterocycles. The van der Waals surface area contributed by atoms with Crippen LogP contribution in [0.3, 0.4) is 0 Å². The number of amides is 2. The average Bonchev–Trinajstić information content (AvgIpc) is 2.90. The molecule has 1 unspecified atom stereocenters. The van der Waals surface area contributed by atoms with E-state index in [0.29, 0.717) is 5.69 Å². The number of anilines is 1. The Balaban J connectivity index is 2.03. The van der Waals surface area contributed by atoms with E-state index in [0.717, 1.165) is 26.6 Å². The minimum atomic E-state index is -4.08.